The molecular formula is C15H19N3O2. The lowest BCUT2D eigenvalue weighted by Gasteiger charge is -2.18. The van der Waals surface area contributed by atoms with E-state index in [-0.39, 0.29) is 18.1 Å². The number of hydrogen-bond acceptors (Lipinski definition) is 4. The number of nitriles is 1. The van der Waals surface area contributed by atoms with Crippen molar-refractivity contribution in [2.75, 3.05) is 26.7 Å². The number of likely N-dealkylation sites (tertiary alicyclic amines) is 1. The Morgan fingerprint density at radius 1 is 1.55 bits per heavy atom. The zero-order valence-electron chi connectivity index (χ0n) is 11.8. The molecule has 1 aliphatic heterocycles. The molecule has 2 atom stereocenters. The third kappa shape index (κ3) is 3.16. The third-order valence-electron chi connectivity index (χ3n) is 3.66. The van der Waals surface area contributed by atoms with Crippen LogP contribution in [0.4, 0.5) is 0 Å². The van der Waals surface area contributed by atoms with E-state index in [1.54, 1.807) is 31.4 Å². The van der Waals surface area contributed by atoms with Gasteiger partial charge in [0, 0.05) is 25.8 Å². The fraction of sp³-hybridized carbons (Fsp3) is 0.467. The molecule has 0 unspecified atom stereocenters. The molecule has 0 radical (unpaired) electrons. The van der Waals surface area contributed by atoms with E-state index < -0.39 is 0 Å². The summed E-state index contributed by atoms with van der Waals surface area (Å²) in [6.45, 7) is 4.65. The van der Waals surface area contributed by atoms with Gasteiger partial charge in [-0.2, -0.15) is 5.26 Å². The van der Waals surface area contributed by atoms with Gasteiger partial charge >= 0.3 is 0 Å². The van der Waals surface area contributed by atoms with E-state index in [0.29, 0.717) is 11.1 Å². The SMILES string of the molecule is CCN1C[C@@H](NC(=O)c2cccc(C#N)c2)[C@H](OC)C1. The van der Waals surface area contributed by atoms with Crippen LogP contribution in [0.1, 0.15) is 22.8 Å². The highest BCUT2D eigenvalue weighted by atomic mass is 16.5. The lowest BCUT2D eigenvalue weighted by atomic mass is 10.1. The minimum Gasteiger partial charge on any atom is -0.378 e. The van der Waals surface area contributed by atoms with E-state index in [4.69, 9.17) is 10.00 Å². The maximum absolute atomic E-state index is 12.2. The van der Waals surface area contributed by atoms with Gasteiger partial charge in [0.25, 0.3) is 5.91 Å². The summed E-state index contributed by atoms with van der Waals surface area (Å²) in [7, 11) is 1.67. The predicted octanol–water partition coefficient (Wildman–Crippen LogP) is 1.01. The van der Waals surface area contributed by atoms with Crippen LogP contribution >= 0.6 is 0 Å². The molecule has 1 saturated heterocycles. The largest absolute Gasteiger partial charge is 0.378 e. The molecule has 2 rings (SSSR count). The second kappa shape index (κ2) is 6.51. The number of rotatable bonds is 4. The number of benzene rings is 1. The molecule has 0 saturated carbocycles. The van der Waals surface area contributed by atoms with Crippen LogP contribution in [0.25, 0.3) is 0 Å². The van der Waals surface area contributed by atoms with Gasteiger partial charge in [-0.05, 0) is 24.7 Å². The number of methoxy groups -OCH3 is 1. The minimum absolute atomic E-state index is 0.0121. The van der Waals surface area contributed by atoms with Gasteiger partial charge in [0.05, 0.1) is 23.8 Å². The Kier molecular flexibility index (Phi) is 4.72. The number of carbonyl (C=O) groups is 1. The summed E-state index contributed by atoms with van der Waals surface area (Å²) in [4.78, 5) is 14.5. The molecule has 1 aliphatic rings. The van der Waals surface area contributed by atoms with Crippen molar-refractivity contribution < 1.29 is 9.53 Å². The quantitative estimate of drug-likeness (QED) is 0.889. The second-order valence-corrected chi connectivity index (χ2v) is 4.90. The van der Waals surface area contributed by atoms with Gasteiger partial charge in [-0.1, -0.05) is 13.0 Å². The molecule has 106 valence electrons. The smallest absolute Gasteiger partial charge is 0.251 e. The highest BCUT2D eigenvalue weighted by Crippen LogP contribution is 2.14. The van der Waals surface area contributed by atoms with Crippen LogP contribution in [0.15, 0.2) is 24.3 Å². The number of nitrogens with zero attached hydrogens (tertiary/aromatic N) is 2. The summed E-state index contributed by atoms with van der Waals surface area (Å²) in [5.41, 5.74) is 0.997. The average molecular weight is 273 g/mol. The van der Waals surface area contributed by atoms with Gasteiger partial charge in [-0.3, -0.25) is 9.69 Å². The molecule has 20 heavy (non-hydrogen) atoms. The zero-order chi connectivity index (χ0) is 14.5. The monoisotopic (exact) mass is 273 g/mol. The first-order valence-corrected chi connectivity index (χ1v) is 6.74. The number of carbonyl (C=O) groups excluding carboxylic acids is 1. The van der Waals surface area contributed by atoms with E-state index in [1.807, 2.05) is 6.07 Å². The third-order valence-corrected chi connectivity index (χ3v) is 3.66. The Morgan fingerprint density at radius 2 is 2.35 bits per heavy atom. The van der Waals surface area contributed by atoms with Crippen molar-refractivity contribution >= 4 is 5.91 Å². The molecule has 1 aromatic carbocycles. The van der Waals surface area contributed by atoms with Gasteiger partial charge in [0.15, 0.2) is 0 Å². The van der Waals surface area contributed by atoms with Gasteiger partial charge < -0.3 is 10.1 Å². The molecule has 0 spiro atoms. The molecule has 1 N–H and O–H groups in total. The van der Waals surface area contributed by atoms with Crippen LogP contribution in [0.3, 0.4) is 0 Å². The summed E-state index contributed by atoms with van der Waals surface area (Å²) in [6.07, 6.45) is 0.0121. The molecule has 5 heteroatoms. The van der Waals surface area contributed by atoms with Crippen LogP contribution in [0, 0.1) is 11.3 Å². The Morgan fingerprint density at radius 3 is 3.00 bits per heavy atom. The molecular weight excluding hydrogens is 254 g/mol. The Bertz CT molecular complexity index is 524. The molecule has 5 nitrogen and oxygen atoms in total. The first-order chi connectivity index (χ1) is 9.67. The summed E-state index contributed by atoms with van der Waals surface area (Å²) < 4.78 is 5.43. The molecule has 1 aromatic rings. The summed E-state index contributed by atoms with van der Waals surface area (Å²) >= 11 is 0. The fourth-order valence-corrected chi connectivity index (χ4v) is 2.47. The van der Waals surface area contributed by atoms with Crippen LogP contribution in [-0.2, 0) is 4.74 Å². The standard InChI is InChI=1S/C15H19N3O2/c1-3-18-9-13(14(10-18)20-2)17-15(19)12-6-4-5-11(7-12)8-16/h4-7,13-14H,3,9-10H2,1-2H3,(H,17,19)/t13-,14-/m1/s1. The van der Waals surface area contributed by atoms with E-state index in [9.17, 15) is 4.79 Å². The predicted molar refractivity (Wildman–Crippen MR) is 75.3 cm³/mol. The van der Waals surface area contributed by atoms with Crippen molar-refractivity contribution in [3.8, 4) is 6.07 Å². The molecule has 1 heterocycles. The van der Waals surface area contributed by atoms with Crippen molar-refractivity contribution in [2.24, 2.45) is 0 Å². The number of likely N-dealkylation sites (N-methyl/N-ethyl adjacent to an activating group) is 1. The zero-order valence-corrected chi connectivity index (χ0v) is 11.8. The van der Waals surface area contributed by atoms with Crippen LogP contribution in [-0.4, -0.2) is 49.7 Å². The maximum Gasteiger partial charge on any atom is 0.251 e. The van der Waals surface area contributed by atoms with E-state index in [0.717, 1.165) is 19.6 Å². The average Bonchev–Trinajstić information content (AvgIpc) is 2.89. The van der Waals surface area contributed by atoms with E-state index >= 15 is 0 Å². The van der Waals surface area contributed by atoms with Gasteiger partial charge in [-0.15, -0.1) is 0 Å². The fourth-order valence-electron chi connectivity index (χ4n) is 2.47. The Balaban J connectivity index is 2.05. The lowest BCUT2D eigenvalue weighted by Crippen LogP contribution is -2.43. The highest BCUT2D eigenvalue weighted by molar-refractivity contribution is 5.94. The first kappa shape index (κ1) is 14.5. The molecule has 1 amide bonds. The number of amides is 1. The topological polar surface area (TPSA) is 65.4 Å². The van der Waals surface area contributed by atoms with Crippen molar-refractivity contribution in [1.29, 1.82) is 5.26 Å². The first-order valence-electron chi connectivity index (χ1n) is 6.74. The normalized spacial score (nSPS) is 22.4. The van der Waals surface area contributed by atoms with Crippen LogP contribution < -0.4 is 5.32 Å². The van der Waals surface area contributed by atoms with Crippen molar-refractivity contribution in [2.45, 2.75) is 19.1 Å². The number of hydrogen-bond donors (Lipinski definition) is 1. The lowest BCUT2D eigenvalue weighted by molar-refractivity contribution is 0.0762. The van der Waals surface area contributed by atoms with Gasteiger partial charge in [0.1, 0.15) is 0 Å². The Labute approximate surface area is 119 Å². The Hall–Kier alpha value is -1.90. The van der Waals surface area contributed by atoms with Crippen molar-refractivity contribution in [3.63, 3.8) is 0 Å². The summed E-state index contributed by atoms with van der Waals surface area (Å²) in [5, 5.41) is 11.9. The molecule has 0 bridgehead atoms. The van der Waals surface area contributed by atoms with E-state index in [1.165, 1.54) is 0 Å². The molecule has 1 fully saturated rings. The van der Waals surface area contributed by atoms with Crippen molar-refractivity contribution in [3.05, 3.63) is 35.4 Å². The number of nitrogens with one attached hydrogen (secondary N) is 1. The minimum atomic E-state index is -0.160. The number of ether oxygens (including phenoxy) is 1. The highest BCUT2D eigenvalue weighted by Gasteiger charge is 2.33. The van der Waals surface area contributed by atoms with Crippen molar-refractivity contribution in [1.82, 2.24) is 10.2 Å². The molecule has 0 aromatic heterocycles. The van der Waals surface area contributed by atoms with Crippen LogP contribution in [0.2, 0.25) is 0 Å². The second-order valence-electron chi connectivity index (χ2n) is 4.90. The van der Waals surface area contributed by atoms with E-state index in [2.05, 4.69) is 17.1 Å². The summed E-state index contributed by atoms with van der Waals surface area (Å²) in [5.74, 6) is -0.160. The maximum atomic E-state index is 12.2. The molecule has 0 aliphatic carbocycles. The van der Waals surface area contributed by atoms with Gasteiger partial charge in [0.2, 0.25) is 0 Å². The summed E-state index contributed by atoms with van der Waals surface area (Å²) in [6, 6.07) is 8.74. The van der Waals surface area contributed by atoms with Crippen LogP contribution in [0.5, 0.6) is 0 Å². The van der Waals surface area contributed by atoms with Gasteiger partial charge in [-0.25, -0.2) is 0 Å².